The maximum atomic E-state index is 12.3. The molecule has 0 unspecified atom stereocenters. The van der Waals surface area contributed by atoms with Gasteiger partial charge in [0.05, 0.1) is 32.5 Å². The predicted octanol–water partition coefficient (Wildman–Crippen LogP) is 1.01. The molecule has 0 saturated heterocycles. The number of carbonyl (C=O) groups excluding carboxylic acids is 1. The summed E-state index contributed by atoms with van der Waals surface area (Å²) in [6.07, 6.45) is 5.26. The van der Waals surface area contributed by atoms with Crippen LogP contribution in [0.3, 0.4) is 0 Å². The van der Waals surface area contributed by atoms with Gasteiger partial charge in [-0.15, -0.1) is 11.8 Å². The monoisotopic (exact) mass is 306 g/mol. The Labute approximate surface area is 128 Å². The topological polar surface area (TPSA) is 59.6 Å². The van der Waals surface area contributed by atoms with Crippen molar-refractivity contribution in [3.05, 3.63) is 48.0 Å². The van der Waals surface area contributed by atoms with Gasteiger partial charge in [-0.1, -0.05) is 0 Å². The first-order valence-electron chi connectivity index (χ1n) is 6.74. The van der Waals surface area contributed by atoms with Crippen LogP contribution in [0, 0.1) is 0 Å². The van der Waals surface area contributed by atoms with E-state index in [0.717, 1.165) is 10.8 Å². The fraction of sp³-hybridized carbons (Fsp3) is 0.333. The van der Waals surface area contributed by atoms with Gasteiger partial charge in [0.1, 0.15) is 5.03 Å². The maximum Gasteiger partial charge on any atom is 0.254 e. The predicted molar refractivity (Wildman–Crippen MR) is 82.6 cm³/mol. The second kappa shape index (κ2) is 7.28. The van der Waals surface area contributed by atoms with E-state index in [9.17, 15) is 4.79 Å². The number of aromatic nitrogens is 1. The van der Waals surface area contributed by atoms with Gasteiger partial charge in [0.15, 0.2) is 11.8 Å². The number of quaternary nitrogens is 1. The molecule has 21 heavy (non-hydrogen) atoms. The van der Waals surface area contributed by atoms with Crippen molar-refractivity contribution in [1.29, 1.82) is 0 Å². The van der Waals surface area contributed by atoms with E-state index in [1.165, 1.54) is 16.7 Å². The number of pyridine rings is 1. The Kier molecular flexibility index (Phi) is 5.41. The average Bonchev–Trinajstić information content (AvgIpc) is 3.01. The molecule has 0 bridgehead atoms. The molecule has 0 aromatic carbocycles. The van der Waals surface area contributed by atoms with Crippen LogP contribution in [-0.2, 0) is 0 Å². The molecular weight excluding hydrogens is 286 g/mol. The van der Waals surface area contributed by atoms with E-state index in [4.69, 9.17) is 4.42 Å². The van der Waals surface area contributed by atoms with Gasteiger partial charge >= 0.3 is 0 Å². The normalized spacial score (nSPS) is 12.4. The minimum absolute atomic E-state index is 0.0818. The third kappa shape index (κ3) is 3.86. The Morgan fingerprint density at radius 1 is 1.43 bits per heavy atom. The highest BCUT2D eigenvalue weighted by atomic mass is 32.2. The van der Waals surface area contributed by atoms with Gasteiger partial charge in [-0.05, 0) is 30.5 Å². The van der Waals surface area contributed by atoms with E-state index in [1.54, 1.807) is 24.6 Å². The van der Waals surface area contributed by atoms with Crippen molar-refractivity contribution in [1.82, 2.24) is 10.3 Å². The molecule has 0 fully saturated rings. The smallest absolute Gasteiger partial charge is 0.254 e. The molecule has 6 heteroatoms. The molecule has 5 nitrogen and oxygen atoms in total. The van der Waals surface area contributed by atoms with Crippen LogP contribution in [0.5, 0.6) is 0 Å². The molecule has 2 aromatic heterocycles. The van der Waals surface area contributed by atoms with Gasteiger partial charge in [-0.25, -0.2) is 4.98 Å². The van der Waals surface area contributed by atoms with Crippen molar-refractivity contribution in [2.75, 3.05) is 26.9 Å². The third-order valence-electron chi connectivity index (χ3n) is 3.26. The van der Waals surface area contributed by atoms with E-state index in [-0.39, 0.29) is 11.9 Å². The minimum Gasteiger partial charge on any atom is -0.463 e. The summed E-state index contributed by atoms with van der Waals surface area (Å²) >= 11 is 1.47. The number of amides is 1. The highest BCUT2D eigenvalue weighted by Crippen LogP contribution is 2.17. The number of nitrogens with zero attached hydrogens (tertiary/aromatic N) is 1. The Morgan fingerprint density at radius 2 is 2.24 bits per heavy atom. The maximum absolute atomic E-state index is 12.3. The number of furan rings is 1. The molecule has 2 heterocycles. The largest absolute Gasteiger partial charge is 0.463 e. The summed E-state index contributed by atoms with van der Waals surface area (Å²) in [6.45, 7) is 0.511. The molecule has 2 aromatic rings. The zero-order chi connectivity index (χ0) is 15.2. The number of hydrogen-bond donors (Lipinski definition) is 2. The Bertz CT molecular complexity index is 584. The number of nitrogens with one attached hydrogen (secondary N) is 2. The molecule has 2 N–H and O–H groups in total. The second-order valence-corrected chi connectivity index (χ2v) is 5.71. The molecule has 112 valence electrons. The van der Waals surface area contributed by atoms with Crippen molar-refractivity contribution < 1.29 is 14.1 Å². The molecule has 1 amide bonds. The van der Waals surface area contributed by atoms with Crippen LogP contribution in [0.2, 0.25) is 0 Å². The van der Waals surface area contributed by atoms with Crippen LogP contribution in [0.15, 0.2) is 46.2 Å². The summed E-state index contributed by atoms with van der Waals surface area (Å²) in [5.74, 6) is 0.761. The van der Waals surface area contributed by atoms with Gasteiger partial charge in [-0.3, -0.25) is 4.79 Å². The molecule has 0 radical (unpaired) electrons. The van der Waals surface area contributed by atoms with Crippen LogP contribution in [0.4, 0.5) is 0 Å². The summed E-state index contributed by atoms with van der Waals surface area (Å²) in [6, 6.07) is 7.44. The second-order valence-electron chi connectivity index (χ2n) is 4.92. The molecule has 1 atom stereocenters. The van der Waals surface area contributed by atoms with Crippen LogP contribution >= 0.6 is 11.8 Å². The Morgan fingerprint density at radius 3 is 2.86 bits per heavy atom. The molecule has 0 aliphatic rings. The SMILES string of the molecule is CSc1ncccc1C(=O)NC[C@@H](c1ccco1)[NH+](C)C. The van der Waals surface area contributed by atoms with Gasteiger partial charge in [0, 0.05) is 6.20 Å². The summed E-state index contributed by atoms with van der Waals surface area (Å²) < 4.78 is 5.45. The quantitative estimate of drug-likeness (QED) is 0.782. The number of carbonyl (C=O) groups is 1. The van der Waals surface area contributed by atoms with E-state index in [0.29, 0.717) is 12.1 Å². The van der Waals surface area contributed by atoms with E-state index in [1.807, 2.05) is 32.5 Å². The Balaban J connectivity index is 2.06. The van der Waals surface area contributed by atoms with E-state index >= 15 is 0 Å². The zero-order valence-electron chi connectivity index (χ0n) is 12.4. The fourth-order valence-electron chi connectivity index (χ4n) is 2.10. The summed E-state index contributed by atoms with van der Waals surface area (Å²) in [4.78, 5) is 17.7. The van der Waals surface area contributed by atoms with Crippen LogP contribution < -0.4 is 10.2 Å². The molecule has 0 saturated carbocycles. The lowest BCUT2D eigenvalue weighted by molar-refractivity contribution is -0.891. The number of thioether (sulfide) groups is 1. The first-order valence-corrected chi connectivity index (χ1v) is 7.96. The molecular formula is C15H20N3O2S+. The van der Waals surface area contributed by atoms with E-state index in [2.05, 4.69) is 10.3 Å². The molecule has 2 rings (SSSR count). The molecule has 0 aliphatic heterocycles. The van der Waals surface area contributed by atoms with Gasteiger partial charge in [0.25, 0.3) is 5.91 Å². The highest BCUT2D eigenvalue weighted by Gasteiger charge is 2.22. The first kappa shape index (κ1) is 15.6. The number of likely N-dealkylation sites (N-methyl/N-ethyl adjacent to an activating group) is 1. The lowest BCUT2D eigenvalue weighted by atomic mass is 10.2. The van der Waals surface area contributed by atoms with Gasteiger partial charge in [0.2, 0.25) is 0 Å². The van der Waals surface area contributed by atoms with Gasteiger partial charge < -0.3 is 14.6 Å². The standard InChI is InChI=1S/C15H19N3O2S/c1-18(2)12(13-7-5-9-20-13)10-17-14(19)11-6-4-8-16-15(11)21-3/h4-9,12H,10H2,1-3H3,(H,17,19)/p+1/t12-/m0/s1. The van der Waals surface area contributed by atoms with E-state index < -0.39 is 0 Å². The summed E-state index contributed by atoms with van der Waals surface area (Å²) in [5, 5.41) is 3.71. The summed E-state index contributed by atoms with van der Waals surface area (Å²) in [5.41, 5.74) is 0.608. The summed E-state index contributed by atoms with van der Waals surface area (Å²) in [7, 11) is 4.08. The first-order chi connectivity index (χ1) is 10.1. The lowest BCUT2D eigenvalue weighted by Crippen LogP contribution is -3.07. The average molecular weight is 306 g/mol. The van der Waals surface area contributed by atoms with Crippen LogP contribution in [0.1, 0.15) is 22.2 Å². The zero-order valence-corrected chi connectivity index (χ0v) is 13.2. The molecule has 0 spiro atoms. The van der Waals surface area contributed by atoms with Crippen molar-refractivity contribution in [2.24, 2.45) is 0 Å². The van der Waals surface area contributed by atoms with Crippen molar-refractivity contribution >= 4 is 17.7 Å². The van der Waals surface area contributed by atoms with Crippen molar-refractivity contribution in [3.63, 3.8) is 0 Å². The van der Waals surface area contributed by atoms with Crippen LogP contribution in [-0.4, -0.2) is 37.8 Å². The number of rotatable bonds is 6. The Hall–Kier alpha value is -1.79. The molecule has 0 aliphatic carbocycles. The van der Waals surface area contributed by atoms with Crippen molar-refractivity contribution in [3.8, 4) is 0 Å². The fourth-order valence-corrected chi connectivity index (χ4v) is 2.64. The minimum atomic E-state index is -0.106. The number of hydrogen-bond acceptors (Lipinski definition) is 4. The third-order valence-corrected chi connectivity index (χ3v) is 3.97. The highest BCUT2D eigenvalue weighted by molar-refractivity contribution is 7.98. The van der Waals surface area contributed by atoms with Crippen molar-refractivity contribution in [2.45, 2.75) is 11.1 Å². The van der Waals surface area contributed by atoms with Crippen LogP contribution in [0.25, 0.3) is 0 Å². The lowest BCUT2D eigenvalue weighted by Gasteiger charge is -2.20. The van der Waals surface area contributed by atoms with Gasteiger partial charge in [-0.2, -0.15) is 0 Å².